The smallest absolute Gasteiger partial charge is 0.254 e. The Hall–Kier alpha value is -3.48. The molecule has 0 saturated carbocycles. The molecule has 0 aliphatic rings. The van der Waals surface area contributed by atoms with Crippen LogP contribution in [0.25, 0.3) is 16.2 Å². The van der Waals surface area contributed by atoms with Crippen molar-refractivity contribution in [2.24, 2.45) is 0 Å². The number of rotatable bonds is 6. The van der Waals surface area contributed by atoms with Gasteiger partial charge in [-0.2, -0.15) is 5.26 Å². The van der Waals surface area contributed by atoms with Crippen molar-refractivity contribution in [2.45, 2.75) is 6.54 Å². The molecule has 0 aliphatic carbocycles. The van der Waals surface area contributed by atoms with E-state index in [9.17, 15) is 9.59 Å². The van der Waals surface area contributed by atoms with Gasteiger partial charge in [-0.3, -0.25) is 14.0 Å². The molecule has 2 aromatic carbocycles. The third-order valence-corrected chi connectivity index (χ3v) is 6.28. The Morgan fingerprint density at radius 1 is 1.19 bits per heavy atom. The normalized spacial score (nSPS) is 10.7. The zero-order valence-electron chi connectivity index (χ0n) is 17.1. The molecule has 2 heterocycles. The molecular weight excluding hydrogens is 490 g/mol. The second-order valence-electron chi connectivity index (χ2n) is 7.12. The highest BCUT2D eigenvalue weighted by atomic mass is 79.9. The number of nitrogens with one attached hydrogen (secondary N) is 1. The minimum Gasteiger partial charge on any atom is -0.349 e. The monoisotopic (exact) mass is 507 g/mol. The average Bonchev–Trinajstić information content (AvgIpc) is 3.40. The molecule has 0 unspecified atom stereocenters. The summed E-state index contributed by atoms with van der Waals surface area (Å²) in [5, 5.41) is 13.8. The predicted molar refractivity (Wildman–Crippen MR) is 126 cm³/mol. The van der Waals surface area contributed by atoms with Gasteiger partial charge < -0.3 is 10.2 Å². The van der Waals surface area contributed by atoms with Gasteiger partial charge >= 0.3 is 0 Å². The molecule has 0 atom stereocenters. The van der Waals surface area contributed by atoms with Gasteiger partial charge in [0.15, 0.2) is 4.96 Å². The summed E-state index contributed by atoms with van der Waals surface area (Å²) in [7, 11) is 1.57. The van der Waals surface area contributed by atoms with Crippen molar-refractivity contribution in [3.05, 3.63) is 81.4 Å². The summed E-state index contributed by atoms with van der Waals surface area (Å²) >= 11 is 4.99. The zero-order valence-corrected chi connectivity index (χ0v) is 19.5. The second-order valence-corrected chi connectivity index (χ2v) is 8.87. The lowest BCUT2D eigenvalue weighted by molar-refractivity contribution is -0.121. The maximum absolute atomic E-state index is 12.5. The van der Waals surface area contributed by atoms with Crippen molar-refractivity contribution in [3.8, 4) is 17.3 Å². The van der Waals surface area contributed by atoms with Crippen LogP contribution in [0.4, 0.5) is 0 Å². The summed E-state index contributed by atoms with van der Waals surface area (Å²) < 4.78 is 3.03. The van der Waals surface area contributed by atoms with Gasteiger partial charge in [0.1, 0.15) is 0 Å². The standard InChI is InChI=1S/C23H18BrN5O2S/c1-28(22(31)17-4-2-15(10-25)3-5-17)13-21(30)26-11-19-12-27-23-29(19)20(14-32-23)16-6-8-18(24)9-7-16/h2-9,12,14H,11,13H2,1H3,(H,26,30). The van der Waals surface area contributed by atoms with Crippen LogP contribution in [0.1, 0.15) is 21.6 Å². The third kappa shape index (κ3) is 4.56. The lowest BCUT2D eigenvalue weighted by Crippen LogP contribution is -2.38. The Bertz CT molecular complexity index is 1320. The molecule has 0 spiro atoms. The molecule has 7 nitrogen and oxygen atoms in total. The van der Waals surface area contributed by atoms with Crippen molar-refractivity contribution in [1.82, 2.24) is 19.6 Å². The number of benzene rings is 2. The van der Waals surface area contributed by atoms with Crippen LogP contribution in [0.15, 0.2) is 64.6 Å². The number of hydrogen-bond acceptors (Lipinski definition) is 5. The largest absolute Gasteiger partial charge is 0.349 e. The number of nitrogens with zero attached hydrogens (tertiary/aromatic N) is 4. The third-order valence-electron chi connectivity index (χ3n) is 4.91. The first-order chi connectivity index (χ1) is 15.5. The van der Waals surface area contributed by atoms with Crippen molar-refractivity contribution >= 4 is 44.0 Å². The Morgan fingerprint density at radius 2 is 1.91 bits per heavy atom. The quantitative estimate of drug-likeness (QED) is 0.425. The zero-order chi connectivity index (χ0) is 22.7. The molecule has 2 aromatic heterocycles. The van der Waals surface area contributed by atoms with Gasteiger partial charge in [-0.15, -0.1) is 11.3 Å². The molecule has 4 rings (SSSR count). The summed E-state index contributed by atoms with van der Waals surface area (Å²) in [6, 6.07) is 16.4. The number of carbonyl (C=O) groups excluding carboxylic acids is 2. The van der Waals surface area contributed by atoms with Gasteiger partial charge in [0.2, 0.25) is 5.91 Å². The van der Waals surface area contributed by atoms with Crippen molar-refractivity contribution < 1.29 is 9.59 Å². The van der Waals surface area contributed by atoms with Crippen LogP contribution in [-0.2, 0) is 11.3 Å². The van der Waals surface area contributed by atoms with E-state index in [-0.39, 0.29) is 18.4 Å². The first-order valence-electron chi connectivity index (χ1n) is 9.68. The number of halogens is 1. The SMILES string of the molecule is CN(CC(=O)NCc1cnc2scc(-c3ccc(Br)cc3)n12)C(=O)c1ccc(C#N)cc1. The molecule has 4 aromatic rings. The Morgan fingerprint density at radius 3 is 2.59 bits per heavy atom. The van der Waals surface area contributed by atoms with Gasteiger partial charge in [0.05, 0.1) is 42.3 Å². The maximum Gasteiger partial charge on any atom is 0.254 e. The fraction of sp³-hybridized carbons (Fsp3) is 0.130. The summed E-state index contributed by atoms with van der Waals surface area (Å²) in [4.78, 5) is 31.6. The van der Waals surface area contributed by atoms with Crippen molar-refractivity contribution in [1.29, 1.82) is 5.26 Å². The fourth-order valence-corrected chi connectivity index (χ4v) is 4.41. The van der Waals surface area contributed by atoms with E-state index in [0.29, 0.717) is 17.7 Å². The number of amides is 2. The lowest BCUT2D eigenvalue weighted by Gasteiger charge is -2.17. The van der Waals surface area contributed by atoms with Crippen molar-refractivity contribution in [2.75, 3.05) is 13.6 Å². The number of imidazole rings is 1. The van der Waals surface area contributed by atoms with E-state index in [1.807, 2.05) is 40.1 Å². The molecule has 32 heavy (non-hydrogen) atoms. The van der Waals surface area contributed by atoms with E-state index >= 15 is 0 Å². The van der Waals surface area contributed by atoms with Crippen LogP contribution in [0.5, 0.6) is 0 Å². The van der Waals surface area contributed by atoms with E-state index in [1.54, 1.807) is 37.5 Å². The van der Waals surface area contributed by atoms with E-state index in [1.165, 1.54) is 16.2 Å². The Labute approximate surface area is 197 Å². The summed E-state index contributed by atoms with van der Waals surface area (Å²) in [6.07, 6.45) is 1.75. The molecule has 9 heteroatoms. The molecule has 2 amide bonds. The summed E-state index contributed by atoms with van der Waals surface area (Å²) in [5.74, 6) is -0.559. The van der Waals surface area contributed by atoms with Crippen molar-refractivity contribution in [3.63, 3.8) is 0 Å². The summed E-state index contributed by atoms with van der Waals surface area (Å²) in [6.45, 7) is 0.211. The molecule has 0 fully saturated rings. The van der Waals surface area contributed by atoms with E-state index in [2.05, 4.69) is 26.2 Å². The first-order valence-corrected chi connectivity index (χ1v) is 11.4. The number of likely N-dealkylation sites (N-methyl/N-ethyl adjacent to an activating group) is 1. The van der Waals surface area contributed by atoms with E-state index in [4.69, 9.17) is 5.26 Å². The highest BCUT2D eigenvalue weighted by Gasteiger charge is 2.16. The molecule has 0 saturated heterocycles. The van der Waals surface area contributed by atoms with E-state index in [0.717, 1.165) is 26.4 Å². The molecular formula is C23H18BrN5O2S. The van der Waals surface area contributed by atoms with E-state index < -0.39 is 0 Å². The van der Waals surface area contributed by atoms with Crippen LogP contribution in [-0.4, -0.2) is 39.7 Å². The highest BCUT2D eigenvalue weighted by molar-refractivity contribution is 9.10. The van der Waals surface area contributed by atoms with Crippen LogP contribution in [0.2, 0.25) is 0 Å². The summed E-state index contributed by atoms with van der Waals surface area (Å²) in [5.41, 5.74) is 3.82. The predicted octanol–water partition coefficient (Wildman–Crippen LogP) is 4.09. The minimum atomic E-state index is -0.285. The molecule has 0 aliphatic heterocycles. The lowest BCUT2D eigenvalue weighted by atomic mass is 10.1. The molecule has 0 bridgehead atoms. The van der Waals surface area contributed by atoms with Gasteiger partial charge in [0.25, 0.3) is 5.91 Å². The Kier molecular flexibility index (Phi) is 6.35. The van der Waals surface area contributed by atoms with Crippen LogP contribution < -0.4 is 5.32 Å². The van der Waals surface area contributed by atoms with Gasteiger partial charge in [0, 0.05) is 22.5 Å². The number of fused-ring (bicyclic) bond motifs is 1. The topological polar surface area (TPSA) is 90.5 Å². The van der Waals surface area contributed by atoms with Gasteiger partial charge in [-0.05, 0) is 42.0 Å². The second kappa shape index (κ2) is 9.34. The molecule has 0 radical (unpaired) electrons. The highest BCUT2D eigenvalue weighted by Crippen LogP contribution is 2.28. The number of aromatic nitrogens is 2. The average molecular weight is 508 g/mol. The minimum absolute atomic E-state index is 0.0794. The number of nitriles is 1. The maximum atomic E-state index is 12.5. The number of carbonyl (C=O) groups is 2. The molecule has 160 valence electrons. The number of hydrogen-bond donors (Lipinski definition) is 1. The van der Waals surface area contributed by atoms with Crippen LogP contribution in [0, 0.1) is 11.3 Å². The van der Waals surface area contributed by atoms with Gasteiger partial charge in [-0.25, -0.2) is 4.98 Å². The van der Waals surface area contributed by atoms with Crippen LogP contribution in [0.3, 0.4) is 0 Å². The number of thiazole rings is 1. The molecule has 1 N–H and O–H groups in total. The Balaban J connectivity index is 1.41. The fourth-order valence-electron chi connectivity index (χ4n) is 3.25. The van der Waals surface area contributed by atoms with Gasteiger partial charge in [-0.1, -0.05) is 28.1 Å². The van der Waals surface area contributed by atoms with Crippen LogP contribution >= 0.6 is 27.3 Å². The first kappa shape index (κ1) is 21.7.